The third-order valence-electron chi connectivity index (χ3n) is 12.2. The molecule has 3 heteroatoms. The first-order valence-electron chi connectivity index (χ1n) is 20.8. The van der Waals surface area contributed by atoms with E-state index in [1.165, 1.54) is 49.3 Å². The molecule has 0 spiro atoms. The van der Waals surface area contributed by atoms with Crippen molar-refractivity contribution in [3.8, 4) is 61.7 Å². The SMILES string of the molecule is c1ccc(-c2ccc(-c3ccc4c(c3)c3cc5ccccc5cc3n4-c3ccc(-c4nc(-c5ccccc5)c5ccc(-c6ccccc6)cc5n4)c4ccccc34)cc2)cc1. The Balaban J connectivity index is 1.06. The number of hydrogen-bond donors (Lipinski definition) is 0. The van der Waals surface area contributed by atoms with Crippen LogP contribution in [-0.4, -0.2) is 14.5 Å². The van der Waals surface area contributed by atoms with E-state index in [1.54, 1.807) is 0 Å². The normalized spacial score (nSPS) is 11.6. The lowest BCUT2D eigenvalue weighted by molar-refractivity contribution is 1.19. The predicted octanol–water partition coefficient (Wildman–Crippen LogP) is 15.4. The van der Waals surface area contributed by atoms with Crippen LogP contribution in [0.3, 0.4) is 0 Å². The zero-order valence-corrected chi connectivity index (χ0v) is 33.2. The summed E-state index contributed by atoms with van der Waals surface area (Å²) in [6.07, 6.45) is 0. The first-order chi connectivity index (χ1) is 30.2. The zero-order chi connectivity index (χ0) is 40.3. The molecular weight excluding hydrogens is 739 g/mol. The van der Waals surface area contributed by atoms with Crippen molar-refractivity contribution < 1.29 is 0 Å². The third-order valence-corrected chi connectivity index (χ3v) is 12.2. The second kappa shape index (κ2) is 14.3. The maximum Gasteiger partial charge on any atom is 0.161 e. The zero-order valence-electron chi connectivity index (χ0n) is 33.2. The number of rotatable bonds is 6. The van der Waals surface area contributed by atoms with E-state index in [2.05, 4.69) is 229 Å². The Bertz CT molecular complexity index is 3610. The summed E-state index contributed by atoms with van der Waals surface area (Å²) in [4.78, 5) is 10.7. The fraction of sp³-hybridized carbons (Fsp3) is 0. The van der Waals surface area contributed by atoms with Crippen molar-refractivity contribution >= 4 is 54.3 Å². The van der Waals surface area contributed by atoms with E-state index in [0.717, 1.165) is 60.8 Å². The monoisotopic (exact) mass is 775 g/mol. The van der Waals surface area contributed by atoms with Gasteiger partial charge in [0.25, 0.3) is 0 Å². The van der Waals surface area contributed by atoms with Crippen LogP contribution >= 0.6 is 0 Å². The van der Waals surface area contributed by atoms with Crippen LogP contribution in [-0.2, 0) is 0 Å². The topological polar surface area (TPSA) is 30.7 Å². The van der Waals surface area contributed by atoms with Gasteiger partial charge in [-0.25, -0.2) is 9.97 Å². The number of aromatic nitrogens is 3. The van der Waals surface area contributed by atoms with E-state index >= 15 is 0 Å². The van der Waals surface area contributed by atoms with E-state index < -0.39 is 0 Å². The van der Waals surface area contributed by atoms with Gasteiger partial charge in [-0.2, -0.15) is 0 Å². The Hall–Kier alpha value is -8.14. The molecule has 0 saturated heterocycles. The predicted molar refractivity (Wildman–Crippen MR) is 256 cm³/mol. The molecule has 3 nitrogen and oxygen atoms in total. The van der Waals surface area contributed by atoms with Gasteiger partial charge < -0.3 is 4.57 Å². The maximum atomic E-state index is 5.36. The second-order valence-electron chi connectivity index (χ2n) is 15.8. The number of nitrogens with zero attached hydrogens (tertiary/aromatic N) is 3. The molecule has 0 amide bonds. The van der Waals surface area contributed by atoms with Crippen LogP contribution in [0.1, 0.15) is 0 Å². The molecule has 2 aromatic heterocycles. The molecule has 0 unspecified atom stereocenters. The summed E-state index contributed by atoms with van der Waals surface area (Å²) in [6, 6.07) is 80.5. The van der Waals surface area contributed by atoms with Crippen molar-refractivity contribution in [1.82, 2.24) is 14.5 Å². The summed E-state index contributed by atoms with van der Waals surface area (Å²) < 4.78 is 2.45. The third kappa shape index (κ3) is 5.98. The Morgan fingerprint density at radius 2 is 0.820 bits per heavy atom. The van der Waals surface area contributed by atoms with Crippen LogP contribution in [0.4, 0.5) is 0 Å². The average Bonchev–Trinajstić information content (AvgIpc) is 3.65. The smallest absolute Gasteiger partial charge is 0.161 e. The molecule has 0 atom stereocenters. The Morgan fingerprint density at radius 3 is 1.54 bits per heavy atom. The molecule has 0 bridgehead atoms. The second-order valence-corrected chi connectivity index (χ2v) is 15.8. The molecule has 0 aliphatic heterocycles. The highest BCUT2D eigenvalue weighted by Crippen LogP contribution is 2.41. The highest BCUT2D eigenvalue weighted by atomic mass is 15.0. The van der Waals surface area contributed by atoms with Crippen LogP contribution in [0, 0.1) is 0 Å². The van der Waals surface area contributed by atoms with Gasteiger partial charge in [-0.3, -0.25) is 0 Å². The van der Waals surface area contributed by atoms with Gasteiger partial charge in [0.15, 0.2) is 5.82 Å². The quantitative estimate of drug-likeness (QED) is 0.168. The lowest BCUT2D eigenvalue weighted by Crippen LogP contribution is -1.99. The van der Waals surface area contributed by atoms with Crippen molar-refractivity contribution in [1.29, 1.82) is 0 Å². The lowest BCUT2D eigenvalue weighted by Gasteiger charge is -2.16. The first kappa shape index (κ1) is 34.9. The molecule has 284 valence electrons. The fourth-order valence-corrected chi connectivity index (χ4v) is 9.18. The molecule has 12 rings (SSSR count). The Morgan fingerprint density at radius 1 is 0.295 bits per heavy atom. The van der Waals surface area contributed by atoms with Gasteiger partial charge in [0.2, 0.25) is 0 Å². The average molecular weight is 776 g/mol. The minimum atomic E-state index is 0.704. The number of hydrogen-bond acceptors (Lipinski definition) is 2. The molecule has 0 N–H and O–H groups in total. The van der Waals surface area contributed by atoms with Crippen LogP contribution in [0.5, 0.6) is 0 Å². The molecule has 2 heterocycles. The minimum absolute atomic E-state index is 0.704. The van der Waals surface area contributed by atoms with Crippen LogP contribution < -0.4 is 0 Å². The van der Waals surface area contributed by atoms with Gasteiger partial charge in [-0.1, -0.05) is 176 Å². The molecular formula is C58H37N3. The lowest BCUT2D eigenvalue weighted by atomic mass is 9.98. The minimum Gasteiger partial charge on any atom is -0.309 e. The van der Waals surface area contributed by atoms with Crippen LogP contribution in [0.25, 0.3) is 116 Å². The molecule has 0 aliphatic carbocycles. The van der Waals surface area contributed by atoms with Crippen molar-refractivity contribution in [3.63, 3.8) is 0 Å². The van der Waals surface area contributed by atoms with E-state index in [4.69, 9.17) is 9.97 Å². The van der Waals surface area contributed by atoms with Gasteiger partial charge in [0.1, 0.15) is 0 Å². The highest BCUT2D eigenvalue weighted by molar-refractivity contribution is 6.16. The molecule has 0 fully saturated rings. The summed E-state index contributed by atoms with van der Waals surface area (Å²) in [5.74, 6) is 0.704. The van der Waals surface area contributed by atoms with E-state index in [0.29, 0.717) is 5.82 Å². The highest BCUT2D eigenvalue weighted by Gasteiger charge is 2.20. The van der Waals surface area contributed by atoms with Crippen molar-refractivity contribution in [3.05, 3.63) is 224 Å². The standard InChI is InChI=1S/C58H37N3/c1-4-14-38(15-5-1)40-24-26-41(27-25-40)45-29-32-55-51(35-45)52-34-43-20-10-11-21-44(43)37-56(52)61(55)54-33-31-49(47-22-12-13-23-48(47)54)58-59-53-36-46(39-16-6-2-7-17-39)28-30-50(53)57(60-58)42-18-8-3-9-19-42/h1-37H. The summed E-state index contributed by atoms with van der Waals surface area (Å²) in [5.41, 5.74) is 14.5. The number of fused-ring (bicyclic) bond motifs is 6. The van der Waals surface area contributed by atoms with Gasteiger partial charge in [-0.15, -0.1) is 0 Å². The van der Waals surface area contributed by atoms with Gasteiger partial charge >= 0.3 is 0 Å². The first-order valence-corrected chi connectivity index (χ1v) is 20.8. The maximum absolute atomic E-state index is 5.36. The Kier molecular flexibility index (Phi) is 8.17. The van der Waals surface area contributed by atoms with Crippen molar-refractivity contribution in [2.75, 3.05) is 0 Å². The molecule has 61 heavy (non-hydrogen) atoms. The molecule has 0 radical (unpaired) electrons. The van der Waals surface area contributed by atoms with Crippen molar-refractivity contribution in [2.24, 2.45) is 0 Å². The molecule has 0 saturated carbocycles. The van der Waals surface area contributed by atoms with Gasteiger partial charge in [-0.05, 0) is 98.1 Å². The van der Waals surface area contributed by atoms with Crippen molar-refractivity contribution in [2.45, 2.75) is 0 Å². The van der Waals surface area contributed by atoms with Crippen LogP contribution in [0.15, 0.2) is 224 Å². The fourth-order valence-electron chi connectivity index (χ4n) is 9.18. The van der Waals surface area contributed by atoms with Gasteiger partial charge in [0.05, 0.1) is 27.9 Å². The summed E-state index contributed by atoms with van der Waals surface area (Å²) >= 11 is 0. The van der Waals surface area contributed by atoms with Crippen LogP contribution in [0.2, 0.25) is 0 Å². The molecule has 12 aromatic rings. The van der Waals surface area contributed by atoms with E-state index in [9.17, 15) is 0 Å². The molecule has 0 aliphatic rings. The number of benzene rings is 10. The van der Waals surface area contributed by atoms with Gasteiger partial charge in [0, 0.05) is 32.7 Å². The molecule has 10 aromatic carbocycles. The van der Waals surface area contributed by atoms with E-state index in [1.807, 2.05) is 0 Å². The summed E-state index contributed by atoms with van der Waals surface area (Å²) in [5, 5.41) is 8.15. The Labute approximate surface area is 353 Å². The largest absolute Gasteiger partial charge is 0.309 e. The summed E-state index contributed by atoms with van der Waals surface area (Å²) in [6.45, 7) is 0. The summed E-state index contributed by atoms with van der Waals surface area (Å²) in [7, 11) is 0. The van der Waals surface area contributed by atoms with E-state index in [-0.39, 0.29) is 0 Å².